The average molecular weight is 216 g/mol. The molecule has 1 heterocycles. The minimum Gasteiger partial charge on any atom is -0.310 e. The molecule has 0 bridgehead atoms. The number of nitrogens with one attached hydrogen (secondary N) is 2. The molecule has 16 heavy (non-hydrogen) atoms. The average Bonchev–Trinajstić information content (AvgIpc) is 2.97. The first-order valence-electron chi connectivity index (χ1n) is 5.94. The molecule has 84 valence electrons. The molecule has 0 radical (unpaired) electrons. The topological polar surface area (TPSA) is 53.6 Å². The molecule has 1 aromatic heterocycles. The second-order valence-corrected chi connectivity index (χ2v) is 4.51. The van der Waals surface area contributed by atoms with Crippen molar-refractivity contribution >= 4 is 11.0 Å². The third-order valence-corrected chi connectivity index (χ3v) is 3.33. The molecule has 0 amide bonds. The van der Waals surface area contributed by atoms with E-state index >= 15 is 0 Å². The number of H-pyrrole nitrogens is 1. The summed E-state index contributed by atoms with van der Waals surface area (Å²) in [5, 5.41) is 14.4. The Morgan fingerprint density at radius 1 is 1.19 bits per heavy atom. The van der Waals surface area contributed by atoms with Gasteiger partial charge in [0.25, 0.3) is 0 Å². The Kier molecular flexibility index (Phi) is 2.58. The van der Waals surface area contributed by atoms with Crippen molar-refractivity contribution in [3.8, 4) is 0 Å². The number of hydrogen-bond donors (Lipinski definition) is 2. The zero-order valence-corrected chi connectivity index (χ0v) is 9.24. The molecule has 1 aromatic carbocycles. The van der Waals surface area contributed by atoms with Crippen LogP contribution in [0.4, 0.5) is 0 Å². The Morgan fingerprint density at radius 2 is 2.00 bits per heavy atom. The summed E-state index contributed by atoms with van der Waals surface area (Å²) in [6, 6.07) is 6.95. The highest BCUT2D eigenvalue weighted by molar-refractivity contribution is 5.74. The number of fused-ring (bicyclic) bond motifs is 1. The predicted octanol–water partition coefficient (Wildman–Crippen LogP) is 1.99. The third kappa shape index (κ3) is 1.93. The van der Waals surface area contributed by atoms with Crippen LogP contribution in [0.15, 0.2) is 18.2 Å². The minimum absolute atomic E-state index is 0.716. The van der Waals surface area contributed by atoms with E-state index in [1.807, 2.05) is 6.07 Å². The van der Waals surface area contributed by atoms with Crippen LogP contribution in [-0.4, -0.2) is 21.5 Å². The van der Waals surface area contributed by atoms with E-state index in [-0.39, 0.29) is 0 Å². The SMILES string of the molecule is c1cc2n[nH]nc2cc1CNC1CCCC1. The van der Waals surface area contributed by atoms with Gasteiger partial charge in [-0.3, -0.25) is 0 Å². The summed E-state index contributed by atoms with van der Waals surface area (Å²) in [7, 11) is 0. The number of aromatic amines is 1. The first-order chi connectivity index (χ1) is 7.92. The normalized spacial score (nSPS) is 17.2. The van der Waals surface area contributed by atoms with Crippen LogP contribution in [0.2, 0.25) is 0 Å². The van der Waals surface area contributed by atoms with E-state index in [2.05, 4.69) is 32.9 Å². The Bertz CT molecular complexity index is 471. The van der Waals surface area contributed by atoms with Crippen molar-refractivity contribution in [2.24, 2.45) is 0 Å². The van der Waals surface area contributed by atoms with E-state index in [0.717, 1.165) is 17.6 Å². The monoisotopic (exact) mass is 216 g/mol. The lowest BCUT2D eigenvalue weighted by Crippen LogP contribution is -2.25. The maximum absolute atomic E-state index is 4.10. The van der Waals surface area contributed by atoms with Crippen molar-refractivity contribution in [2.45, 2.75) is 38.3 Å². The summed E-state index contributed by atoms with van der Waals surface area (Å²) in [5.41, 5.74) is 3.17. The van der Waals surface area contributed by atoms with Crippen molar-refractivity contribution in [3.63, 3.8) is 0 Å². The van der Waals surface area contributed by atoms with Gasteiger partial charge in [0.15, 0.2) is 0 Å². The highest BCUT2D eigenvalue weighted by Gasteiger charge is 2.13. The molecule has 0 unspecified atom stereocenters. The highest BCUT2D eigenvalue weighted by Crippen LogP contribution is 2.18. The second-order valence-electron chi connectivity index (χ2n) is 4.51. The molecule has 1 aliphatic carbocycles. The molecule has 0 aliphatic heterocycles. The minimum atomic E-state index is 0.716. The molecule has 1 saturated carbocycles. The van der Waals surface area contributed by atoms with Crippen LogP contribution in [0, 0.1) is 0 Å². The van der Waals surface area contributed by atoms with Crippen molar-refractivity contribution in [2.75, 3.05) is 0 Å². The van der Waals surface area contributed by atoms with Crippen LogP contribution in [0.5, 0.6) is 0 Å². The van der Waals surface area contributed by atoms with Gasteiger partial charge in [0, 0.05) is 12.6 Å². The molecule has 1 fully saturated rings. The molecule has 4 nitrogen and oxygen atoms in total. The van der Waals surface area contributed by atoms with Gasteiger partial charge in [-0.2, -0.15) is 15.4 Å². The van der Waals surface area contributed by atoms with Crippen molar-refractivity contribution in [1.29, 1.82) is 0 Å². The molecule has 0 saturated heterocycles. The summed E-state index contributed by atoms with van der Waals surface area (Å²) in [4.78, 5) is 0. The summed E-state index contributed by atoms with van der Waals surface area (Å²) >= 11 is 0. The van der Waals surface area contributed by atoms with E-state index in [4.69, 9.17) is 0 Å². The fourth-order valence-electron chi connectivity index (χ4n) is 2.39. The summed E-state index contributed by atoms with van der Waals surface area (Å²) in [6.07, 6.45) is 5.40. The maximum atomic E-state index is 4.10. The van der Waals surface area contributed by atoms with Crippen LogP contribution in [0.1, 0.15) is 31.2 Å². The van der Waals surface area contributed by atoms with Crippen LogP contribution >= 0.6 is 0 Å². The fourth-order valence-corrected chi connectivity index (χ4v) is 2.39. The van der Waals surface area contributed by atoms with E-state index in [1.165, 1.54) is 31.2 Å². The molecular formula is C12H16N4. The second kappa shape index (κ2) is 4.22. The lowest BCUT2D eigenvalue weighted by molar-refractivity contribution is 0.524. The lowest BCUT2D eigenvalue weighted by Gasteiger charge is -2.11. The van der Waals surface area contributed by atoms with Gasteiger partial charge in [-0.25, -0.2) is 0 Å². The van der Waals surface area contributed by atoms with Gasteiger partial charge in [0.2, 0.25) is 0 Å². The van der Waals surface area contributed by atoms with Gasteiger partial charge >= 0.3 is 0 Å². The standard InChI is InChI=1S/C12H16N4/c1-2-4-10(3-1)13-8-9-5-6-11-12(7-9)15-16-14-11/h5-7,10,13H,1-4,8H2,(H,14,15,16). The van der Waals surface area contributed by atoms with Crippen LogP contribution in [0.3, 0.4) is 0 Å². The third-order valence-electron chi connectivity index (χ3n) is 3.33. The van der Waals surface area contributed by atoms with Gasteiger partial charge in [0.1, 0.15) is 11.0 Å². The van der Waals surface area contributed by atoms with Crippen molar-refractivity contribution < 1.29 is 0 Å². The lowest BCUT2D eigenvalue weighted by atomic mass is 10.2. The molecule has 1 aliphatic rings. The molecule has 0 atom stereocenters. The van der Waals surface area contributed by atoms with E-state index in [0.29, 0.717) is 6.04 Å². The quantitative estimate of drug-likeness (QED) is 0.825. The summed E-state index contributed by atoms with van der Waals surface area (Å²) in [5.74, 6) is 0. The fraction of sp³-hybridized carbons (Fsp3) is 0.500. The van der Waals surface area contributed by atoms with E-state index in [1.54, 1.807) is 0 Å². The highest BCUT2D eigenvalue weighted by atomic mass is 15.3. The Morgan fingerprint density at radius 3 is 2.88 bits per heavy atom. The van der Waals surface area contributed by atoms with E-state index in [9.17, 15) is 0 Å². The van der Waals surface area contributed by atoms with Crippen LogP contribution in [-0.2, 0) is 6.54 Å². The Labute approximate surface area is 94.4 Å². The number of aromatic nitrogens is 3. The zero-order chi connectivity index (χ0) is 10.8. The predicted molar refractivity (Wildman–Crippen MR) is 63.0 cm³/mol. The Hall–Kier alpha value is -1.42. The van der Waals surface area contributed by atoms with Gasteiger partial charge in [0.05, 0.1) is 0 Å². The van der Waals surface area contributed by atoms with Gasteiger partial charge < -0.3 is 5.32 Å². The maximum Gasteiger partial charge on any atom is 0.113 e. The molecular weight excluding hydrogens is 200 g/mol. The van der Waals surface area contributed by atoms with Gasteiger partial charge in [-0.15, -0.1) is 0 Å². The summed E-state index contributed by atoms with van der Waals surface area (Å²) in [6.45, 7) is 0.938. The number of benzene rings is 1. The van der Waals surface area contributed by atoms with Gasteiger partial charge in [-0.05, 0) is 30.5 Å². The largest absolute Gasteiger partial charge is 0.310 e. The number of hydrogen-bond acceptors (Lipinski definition) is 3. The van der Waals surface area contributed by atoms with Crippen LogP contribution < -0.4 is 5.32 Å². The zero-order valence-electron chi connectivity index (χ0n) is 9.24. The molecule has 3 rings (SSSR count). The molecule has 0 spiro atoms. The van der Waals surface area contributed by atoms with Crippen LogP contribution in [0.25, 0.3) is 11.0 Å². The molecule has 4 heteroatoms. The van der Waals surface area contributed by atoms with Gasteiger partial charge in [-0.1, -0.05) is 18.9 Å². The number of nitrogens with zero attached hydrogens (tertiary/aromatic N) is 2. The summed E-state index contributed by atoms with van der Waals surface area (Å²) < 4.78 is 0. The Balaban J connectivity index is 1.68. The van der Waals surface area contributed by atoms with E-state index < -0.39 is 0 Å². The first kappa shape index (κ1) is 9.78. The van der Waals surface area contributed by atoms with Crippen molar-refractivity contribution in [1.82, 2.24) is 20.7 Å². The molecule has 2 N–H and O–H groups in total. The van der Waals surface area contributed by atoms with Crippen molar-refractivity contribution in [3.05, 3.63) is 23.8 Å². The molecule has 2 aromatic rings. The first-order valence-corrected chi connectivity index (χ1v) is 5.94. The number of rotatable bonds is 3. The smallest absolute Gasteiger partial charge is 0.113 e.